The third-order valence-electron chi connectivity index (χ3n) is 7.17. The van der Waals surface area contributed by atoms with Crippen LogP contribution < -0.4 is 10.1 Å². The zero-order chi connectivity index (χ0) is 30.5. The van der Waals surface area contributed by atoms with Crippen LogP contribution in [0.3, 0.4) is 0 Å². The number of anilines is 1. The van der Waals surface area contributed by atoms with Crippen molar-refractivity contribution in [2.24, 2.45) is 0 Å². The van der Waals surface area contributed by atoms with E-state index in [1.165, 1.54) is 12.1 Å². The van der Waals surface area contributed by atoms with E-state index in [1.807, 2.05) is 52.1 Å². The van der Waals surface area contributed by atoms with Crippen LogP contribution in [0.15, 0.2) is 61.1 Å². The summed E-state index contributed by atoms with van der Waals surface area (Å²) < 4.78 is 28.7. The van der Waals surface area contributed by atoms with Crippen molar-refractivity contribution in [3.05, 3.63) is 94.1 Å². The van der Waals surface area contributed by atoms with E-state index in [9.17, 15) is 14.3 Å². The number of aromatic nitrogens is 4. The van der Waals surface area contributed by atoms with Crippen molar-refractivity contribution in [1.82, 2.24) is 19.4 Å². The summed E-state index contributed by atoms with van der Waals surface area (Å²) in [6, 6.07) is 11.9. The van der Waals surface area contributed by atoms with Gasteiger partial charge in [-0.15, -0.1) is 5.10 Å². The number of hydrogen-bond donors (Lipinski definition) is 2. The minimum absolute atomic E-state index is 0.282. The Bertz CT molecular complexity index is 1840. The second-order valence-corrected chi connectivity index (χ2v) is 11.9. The Morgan fingerprint density at radius 1 is 1.19 bits per heavy atom. The molecule has 0 saturated heterocycles. The van der Waals surface area contributed by atoms with Gasteiger partial charge in [0.05, 0.1) is 28.0 Å². The largest absolute Gasteiger partial charge is 0.490 e. The van der Waals surface area contributed by atoms with Gasteiger partial charge in [-0.3, -0.25) is 0 Å². The van der Waals surface area contributed by atoms with Crippen LogP contribution in [0.2, 0.25) is 5.02 Å². The van der Waals surface area contributed by atoms with Gasteiger partial charge in [0.2, 0.25) is 0 Å². The van der Waals surface area contributed by atoms with Crippen LogP contribution in [0.4, 0.5) is 10.1 Å². The molecule has 9 nitrogen and oxygen atoms in total. The predicted molar refractivity (Wildman–Crippen MR) is 162 cm³/mol. The van der Waals surface area contributed by atoms with Crippen molar-refractivity contribution in [3.8, 4) is 22.7 Å². The Hall–Kier alpha value is -4.41. The molecule has 1 aliphatic rings. The average Bonchev–Trinajstić information content (AvgIpc) is 3.59. The highest BCUT2D eigenvalue weighted by atomic mass is 35.5. The third-order valence-corrected chi connectivity index (χ3v) is 7.57. The van der Waals surface area contributed by atoms with Crippen LogP contribution >= 0.6 is 11.6 Å². The summed E-state index contributed by atoms with van der Waals surface area (Å²) in [5.41, 5.74) is 4.79. The van der Waals surface area contributed by atoms with Gasteiger partial charge in [-0.2, -0.15) is 5.10 Å². The number of hydrogen-bond acceptors (Lipinski definition) is 6. The van der Waals surface area contributed by atoms with E-state index >= 15 is 0 Å². The molecule has 0 aliphatic carbocycles. The molecule has 2 N–H and O–H groups in total. The molecule has 2 aromatic carbocycles. The van der Waals surface area contributed by atoms with E-state index in [1.54, 1.807) is 33.7 Å². The molecule has 1 aliphatic heterocycles. The first-order valence-electron chi connectivity index (χ1n) is 13.9. The van der Waals surface area contributed by atoms with Crippen LogP contribution in [0, 0.1) is 12.7 Å². The van der Waals surface area contributed by atoms with Crippen molar-refractivity contribution >= 4 is 28.8 Å². The molecule has 0 saturated carbocycles. The SMILES string of the molecule is Cc1cn2nc(-n3cc(Cc4ccc(F)cc4)cn3)cc2c(-c2ccc3c(c2Cl)NCCO3)c1[C@H](OC(C)(C)C)C(=O)O. The second-order valence-electron chi connectivity index (χ2n) is 11.6. The molecule has 11 heteroatoms. The molecular weight excluding hydrogens is 573 g/mol. The van der Waals surface area contributed by atoms with Crippen molar-refractivity contribution < 1.29 is 23.8 Å². The van der Waals surface area contributed by atoms with E-state index < -0.39 is 17.7 Å². The number of benzene rings is 2. The Kier molecular flexibility index (Phi) is 7.35. The van der Waals surface area contributed by atoms with Gasteiger partial charge in [0.1, 0.15) is 18.2 Å². The minimum atomic E-state index is -1.28. The van der Waals surface area contributed by atoms with Crippen LogP contribution in [-0.4, -0.2) is 49.2 Å². The molecule has 5 aromatic rings. The number of carbonyl (C=O) groups is 1. The predicted octanol–water partition coefficient (Wildman–Crippen LogP) is 6.62. The fraction of sp³-hybridized carbons (Fsp3) is 0.281. The molecule has 3 aromatic heterocycles. The summed E-state index contributed by atoms with van der Waals surface area (Å²) >= 11 is 7.02. The first kappa shape index (κ1) is 28.7. The number of halogens is 2. The molecule has 43 heavy (non-hydrogen) atoms. The maximum atomic E-state index is 13.4. The van der Waals surface area contributed by atoms with Crippen LogP contribution in [0.25, 0.3) is 22.5 Å². The molecule has 0 bridgehead atoms. The van der Waals surface area contributed by atoms with E-state index in [0.29, 0.717) is 69.6 Å². The maximum absolute atomic E-state index is 13.4. The minimum Gasteiger partial charge on any atom is -0.490 e. The molecule has 0 radical (unpaired) electrons. The molecular formula is C32H31ClFN5O4. The topological polar surface area (TPSA) is 103 Å². The zero-order valence-electron chi connectivity index (χ0n) is 24.2. The quantitative estimate of drug-likeness (QED) is 0.215. The second kappa shape index (κ2) is 11.0. The van der Waals surface area contributed by atoms with Crippen molar-refractivity contribution in [2.45, 2.75) is 45.8 Å². The average molecular weight is 604 g/mol. The number of nitrogens with zero attached hydrogens (tertiary/aromatic N) is 4. The summed E-state index contributed by atoms with van der Waals surface area (Å²) in [5.74, 6) is -0.237. The zero-order valence-corrected chi connectivity index (χ0v) is 24.9. The number of pyridine rings is 1. The van der Waals surface area contributed by atoms with Gasteiger partial charge in [0.25, 0.3) is 0 Å². The summed E-state index contributed by atoms with van der Waals surface area (Å²) in [6.07, 6.45) is 4.70. The number of carboxylic acids is 1. The van der Waals surface area contributed by atoms with E-state index in [0.717, 1.165) is 11.1 Å². The van der Waals surface area contributed by atoms with Gasteiger partial charge in [0.15, 0.2) is 11.9 Å². The number of nitrogens with one attached hydrogen (secondary N) is 1. The summed E-state index contributed by atoms with van der Waals surface area (Å²) in [7, 11) is 0. The lowest BCUT2D eigenvalue weighted by atomic mass is 9.91. The number of ether oxygens (including phenoxy) is 2. The number of aryl methyl sites for hydroxylation is 1. The first-order valence-corrected chi connectivity index (χ1v) is 14.3. The first-order chi connectivity index (χ1) is 20.5. The molecule has 1 atom stereocenters. The monoisotopic (exact) mass is 603 g/mol. The Balaban J connectivity index is 1.52. The Morgan fingerprint density at radius 2 is 1.95 bits per heavy atom. The highest BCUT2D eigenvalue weighted by molar-refractivity contribution is 6.36. The summed E-state index contributed by atoms with van der Waals surface area (Å²) in [6.45, 7) is 8.41. The lowest BCUT2D eigenvalue weighted by molar-refractivity contribution is -0.160. The molecule has 222 valence electrons. The molecule has 6 rings (SSSR count). The molecule has 4 heterocycles. The standard InChI is InChI=1S/C32H31ClFN5O4/c1-18-16-38-23(14-25(37-38)39-17-20(15-36-39)13-19-5-7-21(34)8-6-19)27(26(18)30(31(40)41)43-32(2,3)4)22-9-10-24-29(28(22)33)35-11-12-42-24/h5-10,14-17,30,35H,11-13H2,1-4H3,(H,40,41)/t30-/m0/s1. The number of fused-ring (bicyclic) bond motifs is 2. The lowest BCUT2D eigenvalue weighted by Gasteiger charge is -2.29. The lowest BCUT2D eigenvalue weighted by Crippen LogP contribution is -2.28. The van der Waals surface area contributed by atoms with Gasteiger partial charge in [-0.05, 0) is 68.7 Å². The van der Waals surface area contributed by atoms with Crippen molar-refractivity contribution in [1.29, 1.82) is 0 Å². The van der Waals surface area contributed by atoms with Crippen LogP contribution in [0.5, 0.6) is 5.75 Å². The molecule has 0 fully saturated rings. The number of aliphatic carboxylic acids is 1. The Labute approximate surface area is 252 Å². The molecule has 0 spiro atoms. The van der Waals surface area contributed by atoms with Gasteiger partial charge < -0.3 is 19.9 Å². The Morgan fingerprint density at radius 3 is 2.67 bits per heavy atom. The molecule has 0 unspecified atom stereocenters. The highest BCUT2D eigenvalue weighted by Crippen LogP contribution is 2.46. The van der Waals surface area contributed by atoms with Crippen molar-refractivity contribution in [3.63, 3.8) is 0 Å². The van der Waals surface area contributed by atoms with Gasteiger partial charge >= 0.3 is 5.97 Å². The smallest absolute Gasteiger partial charge is 0.337 e. The number of rotatable bonds is 7. The molecule has 0 amide bonds. The normalized spacial score (nSPS) is 13.8. The van der Waals surface area contributed by atoms with E-state index in [-0.39, 0.29) is 5.82 Å². The van der Waals surface area contributed by atoms with E-state index in [4.69, 9.17) is 26.2 Å². The van der Waals surface area contributed by atoms with Crippen LogP contribution in [-0.2, 0) is 16.0 Å². The van der Waals surface area contributed by atoms with Gasteiger partial charge in [0, 0.05) is 48.1 Å². The maximum Gasteiger partial charge on any atom is 0.337 e. The number of carboxylic acid groups (broad SMARTS) is 1. The fourth-order valence-corrected chi connectivity index (χ4v) is 5.68. The van der Waals surface area contributed by atoms with E-state index in [2.05, 4.69) is 10.4 Å². The highest BCUT2D eigenvalue weighted by Gasteiger charge is 2.33. The summed E-state index contributed by atoms with van der Waals surface area (Å²) in [4.78, 5) is 12.7. The van der Waals surface area contributed by atoms with Crippen LogP contribution in [0.1, 0.15) is 49.1 Å². The fourth-order valence-electron chi connectivity index (χ4n) is 5.36. The third kappa shape index (κ3) is 5.68. The van der Waals surface area contributed by atoms with Gasteiger partial charge in [-0.1, -0.05) is 23.7 Å². The van der Waals surface area contributed by atoms with Gasteiger partial charge in [-0.25, -0.2) is 18.4 Å². The van der Waals surface area contributed by atoms with Crippen molar-refractivity contribution in [2.75, 3.05) is 18.5 Å². The summed E-state index contributed by atoms with van der Waals surface area (Å²) in [5, 5.41) is 23.4.